The van der Waals surface area contributed by atoms with Gasteiger partial charge in [0.2, 0.25) is 0 Å². The lowest BCUT2D eigenvalue weighted by molar-refractivity contribution is 0.0429. The fraction of sp³-hybridized carbons (Fsp3) is 0.538. The van der Waals surface area contributed by atoms with Crippen molar-refractivity contribution in [2.45, 2.75) is 46.4 Å². The average Bonchev–Trinajstić information content (AvgIpc) is 2.37. The molecule has 0 aliphatic carbocycles. The summed E-state index contributed by atoms with van der Waals surface area (Å²) in [6, 6.07) is 9.81. The molecule has 94 valence electrons. The van der Waals surface area contributed by atoms with Gasteiger partial charge in [0, 0.05) is 4.91 Å². The normalized spacial score (nSPS) is 10.8. The first-order valence-corrected chi connectivity index (χ1v) is 5.98. The Kier molecular flexibility index (Phi) is 10.0. The molecule has 1 aromatic rings. The SMILES string of the molecule is CCC.CCC(N=[N+]=[N-])OCc1ccccc1. The number of ether oxygens (including phenoxy) is 1. The lowest BCUT2D eigenvalue weighted by atomic mass is 10.2. The Morgan fingerprint density at radius 2 is 1.82 bits per heavy atom. The maximum atomic E-state index is 8.24. The summed E-state index contributed by atoms with van der Waals surface area (Å²) in [6.07, 6.45) is 1.58. The smallest absolute Gasteiger partial charge is 0.136 e. The molecule has 0 bridgehead atoms. The van der Waals surface area contributed by atoms with E-state index in [9.17, 15) is 0 Å². The van der Waals surface area contributed by atoms with Crippen LogP contribution < -0.4 is 0 Å². The number of rotatable bonds is 5. The second-order valence-electron chi connectivity index (χ2n) is 3.57. The minimum Gasteiger partial charge on any atom is -0.368 e. The number of hydrogen-bond acceptors (Lipinski definition) is 2. The van der Waals surface area contributed by atoms with E-state index in [1.807, 2.05) is 37.3 Å². The van der Waals surface area contributed by atoms with Crippen molar-refractivity contribution in [3.8, 4) is 0 Å². The predicted octanol–water partition coefficient (Wildman–Crippen LogP) is 4.67. The molecule has 0 saturated carbocycles. The number of hydrogen-bond donors (Lipinski definition) is 0. The van der Waals surface area contributed by atoms with E-state index in [2.05, 4.69) is 23.9 Å². The van der Waals surface area contributed by atoms with Crippen molar-refractivity contribution >= 4 is 0 Å². The first-order chi connectivity index (χ1) is 8.28. The largest absolute Gasteiger partial charge is 0.368 e. The molecule has 0 amide bonds. The zero-order chi connectivity index (χ0) is 12.9. The van der Waals surface area contributed by atoms with Crippen LogP contribution in [-0.4, -0.2) is 6.23 Å². The highest BCUT2D eigenvalue weighted by atomic mass is 16.5. The van der Waals surface area contributed by atoms with Crippen LogP contribution >= 0.6 is 0 Å². The average molecular weight is 235 g/mol. The lowest BCUT2D eigenvalue weighted by Gasteiger charge is -2.09. The molecule has 0 aromatic heterocycles. The Bertz CT molecular complexity index is 321. The summed E-state index contributed by atoms with van der Waals surface area (Å²) in [5.41, 5.74) is 9.33. The van der Waals surface area contributed by atoms with Crippen LogP contribution in [0.15, 0.2) is 35.4 Å². The van der Waals surface area contributed by atoms with Gasteiger partial charge < -0.3 is 4.74 Å². The van der Waals surface area contributed by atoms with Crippen LogP contribution in [0.2, 0.25) is 0 Å². The molecule has 0 fully saturated rings. The highest BCUT2D eigenvalue weighted by Gasteiger charge is 2.02. The molecule has 0 heterocycles. The van der Waals surface area contributed by atoms with Crippen molar-refractivity contribution < 1.29 is 4.74 Å². The van der Waals surface area contributed by atoms with Crippen molar-refractivity contribution in [1.82, 2.24) is 0 Å². The van der Waals surface area contributed by atoms with Crippen molar-refractivity contribution in [2.24, 2.45) is 5.11 Å². The molecule has 0 spiro atoms. The molecule has 1 atom stereocenters. The first kappa shape index (κ1) is 15.5. The molecule has 0 N–H and O–H groups in total. The van der Waals surface area contributed by atoms with Crippen LogP contribution in [0.25, 0.3) is 10.4 Å². The summed E-state index contributed by atoms with van der Waals surface area (Å²) >= 11 is 0. The van der Waals surface area contributed by atoms with Crippen LogP contribution in [0, 0.1) is 0 Å². The van der Waals surface area contributed by atoms with Gasteiger partial charge in [-0.15, -0.1) is 0 Å². The Morgan fingerprint density at radius 3 is 2.29 bits per heavy atom. The topological polar surface area (TPSA) is 58.0 Å². The van der Waals surface area contributed by atoms with Crippen LogP contribution in [0.4, 0.5) is 0 Å². The van der Waals surface area contributed by atoms with E-state index in [0.717, 1.165) is 5.56 Å². The van der Waals surface area contributed by atoms with Crippen LogP contribution in [0.1, 0.15) is 39.2 Å². The number of benzene rings is 1. The van der Waals surface area contributed by atoms with Crippen molar-refractivity contribution in [3.05, 3.63) is 46.3 Å². The zero-order valence-corrected chi connectivity index (χ0v) is 10.8. The predicted molar refractivity (Wildman–Crippen MR) is 70.4 cm³/mol. The van der Waals surface area contributed by atoms with Gasteiger partial charge in [-0.1, -0.05) is 62.6 Å². The van der Waals surface area contributed by atoms with E-state index >= 15 is 0 Å². The fourth-order valence-electron chi connectivity index (χ4n) is 1.06. The Hall–Kier alpha value is -1.51. The molecule has 0 aliphatic rings. The Labute approximate surface area is 103 Å². The minimum absolute atomic E-state index is 0.361. The number of azide groups is 1. The third kappa shape index (κ3) is 8.31. The van der Waals surface area contributed by atoms with Gasteiger partial charge in [0.1, 0.15) is 6.23 Å². The summed E-state index contributed by atoms with van der Waals surface area (Å²) in [5, 5.41) is 3.52. The Balaban J connectivity index is 0.000000770. The van der Waals surface area contributed by atoms with E-state index in [1.54, 1.807) is 0 Å². The Morgan fingerprint density at radius 1 is 1.24 bits per heavy atom. The lowest BCUT2D eigenvalue weighted by Crippen LogP contribution is -2.07. The molecule has 0 radical (unpaired) electrons. The van der Waals surface area contributed by atoms with Gasteiger partial charge in [-0.25, -0.2) is 0 Å². The van der Waals surface area contributed by atoms with Crippen molar-refractivity contribution in [3.63, 3.8) is 0 Å². The zero-order valence-electron chi connectivity index (χ0n) is 10.8. The molecular weight excluding hydrogens is 214 g/mol. The highest BCUT2D eigenvalue weighted by Crippen LogP contribution is 2.06. The summed E-state index contributed by atoms with van der Waals surface area (Å²) in [4.78, 5) is 2.72. The van der Waals surface area contributed by atoms with Crippen LogP contribution in [0.3, 0.4) is 0 Å². The van der Waals surface area contributed by atoms with Crippen LogP contribution in [0.5, 0.6) is 0 Å². The van der Waals surface area contributed by atoms with E-state index in [0.29, 0.717) is 13.0 Å². The van der Waals surface area contributed by atoms with Gasteiger partial charge in [-0.3, -0.25) is 0 Å². The minimum atomic E-state index is -0.361. The molecule has 0 aliphatic heterocycles. The van der Waals surface area contributed by atoms with Crippen LogP contribution in [-0.2, 0) is 11.3 Å². The molecular formula is C13H21N3O. The molecule has 17 heavy (non-hydrogen) atoms. The van der Waals surface area contributed by atoms with Crippen molar-refractivity contribution in [2.75, 3.05) is 0 Å². The maximum absolute atomic E-state index is 8.24. The van der Waals surface area contributed by atoms with E-state index in [1.165, 1.54) is 6.42 Å². The third-order valence-corrected chi connectivity index (χ3v) is 1.81. The van der Waals surface area contributed by atoms with Gasteiger partial charge in [0.25, 0.3) is 0 Å². The van der Waals surface area contributed by atoms with Gasteiger partial charge in [-0.05, 0) is 17.5 Å². The van der Waals surface area contributed by atoms with E-state index in [4.69, 9.17) is 10.3 Å². The standard InChI is InChI=1S/C10H13N3O.C3H8/c1-2-10(12-13-11)14-8-9-6-4-3-5-7-9;1-3-2/h3-7,10H,2,8H2,1H3;3H2,1-2H3. The number of nitrogens with zero attached hydrogens (tertiary/aromatic N) is 3. The highest BCUT2D eigenvalue weighted by molar-refractivity contribution is 5.13. The van der Waals surface area contributed by atoms with Gasteiger partial charge in [0.15, 0.2) is 0 Å². The molecule has 1 aromatic carbocycles. The second-order valence-corrected chi connectivity index (χ2v) is 3.57. The summed E-state index contributed by atoms with van der Waals surface area (Å²) in [6.45, 7) is 6.66. The third-order valence-electron chi connectivity index (χ3n) is 1.81. The van der Waals surface area contributed by atoms with Gasteiger partial charge >= 0.3 is 0 Å². The molecule has 1 unspecified atom stereocenters. The van der Waals surface area contributed by atoms with Crippen molar-refractivity contribution in [1.29, 1.82) is 0 Å². The molecule has 4 heteroatoms. The first-order valence-electron chi connectivity index (χ1n) is 5.98. The van der Waals surface area contributed by atoms with E-state index in [-0.39, 0.29) is 6.23 Å². The molecule has 4 nitrogen and oxygen atoms in total. The summed E-state index contributed by atoms with van der Waals surface area (Å²) in [5.74, 6) is 0. The molecule has 1 rings (SSSR count). The summed E-state index contributed by atoms with van der Waals surface area (Å²) in [7, 11) is 0. The van der Waals surface area contributed by atoms with Gasteiger partial charge in [0.05, 0.1) is 6.61 Å². The molecule has 0 saturated heterocycles. The van der Waals surface area contributed by atoms with E-state index < -0.39 is 0 Å². The monoisotopic (exact) mass is 235 g/mol. The van der Waals surface area contributed by atoms with Gasteiger partial charge in [-0.2, -0.15) is 0 Å². The summed E-state index contributed by atoms with van der Waals surface area (Å²) < 4.78 is 5.40. The second kappa shape index (κ2) is 11.0. The maximum Gasteiger partial charge on any atom is 0.136 e. The fourth-order valence-corrected chi connectivity index (χ4v) is 1.06. The quantitative estimate of drug-likeness (QED) is 0.415.